The second kappa shape index (κ2) is 5.14. The summed E-state index contributed by atoms with van der Waals surface area (Å²) < 4.78 is 0. The molecule has 102 valence electrons. The molecule has 4 heteroatoms. The van der Waals surface area contributed by atoms with Gasteiger partial charge in [-0.1, -0.05) is 29.8 Å². The van der Waals surface area contributed by atoms with E-state index in [1.54, 1.807) is 0 Å². The van der Waals surface area contributed by atoms with Crippen LogP contribution in [-0.2, 0) is 10.3 Å². The third-order valence-corrected chi connectivity index (χ3v) is 4.41. The first kappa shape index (κ1) is 12.9. The van der Waals surface area contributed by atoms with Crippen molar-refractivity contribution in [3.05, 3.63) is 34.9 Å². The van der Waals surface area contributed by atoms with Crippen molar-refractivity contribution in [1.82, 2.24) is 10.2 Å². The Morgan fingerprint density at radius 3 is 2.58 bits per heavy atom. The number of halogens is 1. The van der Waals surface area contributed by atoms with Gasteiger partial charge in [0.25, 0.3) is 0 Å². The fraction of sp³-hybridized carbons (Fsp3) is 0.533. The maximum Gasteiger partial charge on any atom is 0.234 e. The van der Waals surface area contributed by atoms with Gasteiger partial charge in [-0.05, 0) is 50.4 Å². The number of carbonyl (C=O) groups excluding carboxylic acids is 1. The van der Waals surface area contributed by atoms with Crippen molar-refractivity contribution in [2.75, 3.05) is 19.6 Å². The Morgan fingerprint density at radius 1 is 1.26 bits per heavy atom. The summed E-state index contributed by atoms with van der Waals surface area (Å²) in [5.74, 6) is 0.124. The molecule has 0 radical (unpaired) electrons. The molecule has 1 aliphatic carbocycles. The van der Waals surface area contributed by atoms with E-state index in [4.69, 9.17) is 11.6 Å². The smallest absolute Gasteiger partial charge is 0.234 e. The van der Waals surface area contributed by atoms with Crippen molar-refractivity contribution in [3.8, 4) is 0 Å². The fourth-order valence-corrected chi connectivity index (χ4v) is 3.20. The lowest BCUT2D eigenvalue weighted by atomic mass is 10.0. The second-order valence-electron chi connectivity index (χ2n) is 5.59. The van der Waals surface area contributed by atoms with Crippen molar-refractivity contribution < 1.29 is 4.79 Å². The van der Waals surface area contributed by atoms with Crippen molar-refractivity contribution in [2.45, 2.75) is 31.2 Å². The van der Waals surface area contributed by atoms with Crippen LogP contribution in [0.3, 0.4) is 0 Å². The van der Waals surface area contributed by atoms with Crippen LogP contribution >= 0.6 is 11.6 Å². The van der Waals surface area contributed by atoms with E-state index in [1.807, 2.05) is 24.3 Å². The average Bonchev–Trinajstić information content (AvgIpc) is 2.97. The van der Waals surface area contributed by atoms with E-state index in [9.17, 15) is 4.79 Å². The van der Waals surface area contributed by atoms with Crippen LogP contribution in [0.1, 0.15) is 31.2 Å². The Morgan fingerprint density at radius 2 is 1.95 bits per heavy atom. The van der Waals surface area contributed by atoms with E-state index >= 15 is 0 Å². The van der Waals surface area contributed by atoms with E-state index < -0.39 is 0 Å². The number of hydrogen-bond donors (Lipinski definition) is 1. The van der Waals surface area contributed by atoms with Gasteiger partial charge in [0.15, 0.2) is 0 Å². The van der Waals surface area contributed by atoms with Crippen LogP contribution in [0.15, 0.2) is 24.3 Å². The Hall–Kier alpha value is -1.06. The zero-order chi connectivity index (χ0) is 13.3. The molecule has 2 fully saturated rings. The van der Waals surface area contributed by atoms with Gasteiger partial charge in [0.2, 0.25) is 5.91 Å². The molecule has 0 aromatic heterocycles. The minimum Gasteiger partial charge on any atom is -0.345 e. The number of likely N-dealkylation sites (tertiary alicyclic amines) is 1. The van der Waals surface area contributed by atoms with Gasteiger partial charge < -0.3 is 5.32 Å². The van der Waals surface area contributed by atoms with Gasteiger partial charge in [-0.25, -0.2) is 0 Å². The summed E-state index contributed by atoms with van der Waals surface area (Å²) in [5, 5.41) is 3.94. The maximum atomic E-state index is 12.1. The molecule has 0 bridgehead atoms. The van der Waals surface area contributed by atoms with Gasteiger partial charge in [-0.3, -0.25) is 9.69 Å². The number of carbonyl (C=O) groups is 1. The standard InChI is InChI=1S/C15H19ClN2O/c16-13-6-2-1-5-12(13)15(7-8-15)17-14(19)11-18-9-3-4-10-18/h1-2,5-6H,3-4,7-11H2,(H,17,19). The van der Waals surface area contributed by atoms with E-state index in [-0.39, 0.29) is 11.4 Å². The fourth-order valence-electron chi connectivity index (χ4n) is 2.89. The lowest BCUT2D eigenvalue weighted by Gasteiger charge is -2.21. The predicted molar refractivity (Wildman–Crippen MR) is 76.2 cm³/mol. The summed E-state index contributed by atoms with van der Waals surface area (Å²) in [6, 6.07) is 7.82. The quantitative estimate of drug-likeness (QED) is 0.918. The first-order chi connectivity index (χ1) is 9.20. The molecule has 1 heterocycles. The van der Waals surface area contributed by atoms with Crippen LogP contribution in [0.25, 0.3) is 0 Å². The summed E-state index contributed by atoms with van der Waals surface area (Å²) in [4.78, 5) is 14.4. The summed E-state index contributed by atoms with van der Waals surface area (Å²) >= 11 is 6.24. The lowest BCUT2D eigenvalue weighted by Crippen LogP contribution is -2.41. The molecule has 3 nitrogen and oxygen atoms in total. The Bertz CT molecular complexity index is 479. The average molecular weight is 279 g/mol. The van der Waals surface area contributed by atoms with Crippen LogP contribution in [0, 0.1) is 0 Å². The normalized spacial score (nSPS) is 21.3. The van der Waals surface area contributed by atoms with Crippen molar-refractivity contribution in [2.24, 2.45) is 0 Å². The van der Waals surface area contributed by atoms with Gasteiger partial charge in [-0.2, -0.15) is 0 Å². The van der Waals surface area contributed by atoms with Crippen molar-refractivity contribution >= 4 is 17.5 Å². The Balaban J connectivity index is 1.65. The van der Waals surface area contributed by atoms with Gasteiger partial charge in [-0.15, -0.1) is 0 Å². The van der Waals surface area contributed by atoms with Crippen LogP contribution in [0.5, 0.6) is 0 Å². The predicted octanol–water partition coefficient (Wildman–Crippen LogP) is 2.54. The number of benzene rings is 1. The highest BCUT2D eigenvalue weighted by Gasteiger charge is 2.46. The van der Waals surface area contributed by atoms with Crippen LogP contribution in [0.4, 0.5) is 0 Å². The topological polar surface area (TPSA) is 32.3 Å². The summed E-state index contributed by atoms with van der Waals surface area (Å²) in [6.45, 7) is 2.62. The van der Waals surface area contributed by atoms with Gasteiger partial charge in [0.05, 0.1) is 12.1 Å². The molecule has 19 heavy (non-hydrogen) atoms. The third-order valence-electron chi connectivity index (χ3n) is 4.08. The van der Waals surface area contributed by atoms with E-state index in [1.165, 1.54) is 12.8 Å². The SMILES string of the molecule is O=C(CN1CCCC1)NC1(c2ccccc2Cl)CC1. The maximum absolute atomic E-state index is 12.1. The lowest BCUT2D eigenvalue weighted by molar-refractivity contribution is -0.123. The number of hydrogen-bond acceptors (Lipinski definition) is 2. The minimum atomic E-state index is -0.199. The van der Waals surface area contributed by atoms with Crippen LogP contribution in [0.2, 0.25) is 5.02 Å². The zero-order valence-corrected chi connectivity index (χ0v) is 11.7. The summed E-state index contributed by atoms with van der Waals surface area (Å²) in [5.41, 5.74) is 0.862. The molecular weight excluding hydrogens is 260 g/mol. The van der Waals surface area contributed by atoms with E-state index in [0.717, 1.165) is 36.5 Å². The molecule has 1 aliphatic heterocycles. The Labute approximate surface area is 118 Å². The number of rotatable bonds is 4. The molecule has 1 amide bonds. The molecule has 1 saturated heterocycles. The molecular formula is C15H19ClN2O. The highest BCUT2D eigenvalue weighted by Crippen LogP contribution is 2.47. The molecule has 0 unspecified atom stereocenters. The van der Waals surface area contributed by atoms with Crippen LogP contribution in [-0.4, -0.2) is 30.4 Å². The summed E-state index contributed by atoms with van der Waals surface area (Å²) in [6.07, 6.45) is 4.40. The first-order valence-corrected chi connectivity index (χ1v) is 7.36. The highest BCUT2D eigenvalue weighted by molar-refractivity contribution is 6.31. The van der Waals surface area contributed by atoms with Crippen molar-refractivity contribution in [1.29, 1.82) is 0 Å². The Kier molecular flexibility index (Phi) is 3.50. The van der Waals surface area contributed by atoms with Crippen LogP contribution < -0.4 is 5.32 Å². The zero-order valence-electron chi connectivity index (χ0n) is 11.0. The molecule has 1 aromatic carbocycles. The van der Waals surface area contributed by atoms with E-state index in [2.05, 4.69) is 10.2 Å². The molecule has 0 spiro atoms. The summed E-state index contributed by atoms with van der Waals surface area (Å²) in [7, 11) is 0. The largest absolute Gasteiger partial charge is 0.345 e. The van der Waals surface area contributed by atoms with Crippen molar-refractivity contribution in [3.63, 3.8) is 0 Å². The first-order valence-electron chi connectivity index (χ1n) is 6.98. The van der Waals surface area contributed by atoms with Gasteiger partial charge in [0.1, 0.15) is 0 Å². The number of nitrogens with one attached hydrogen (secondary N) is 1. The highest BCUT2D eigenvalue weighted by atomic mass is 35.5. The number of nitrogens with zero attached hydrogens (tertiary/aromatic N) is 1. The molecule has 1 N–H and O–H groups in total. The third kappa shape index (κ3) is 2.77. The molecule has 3 rings (SSSR count). The van der Waals surface area contributed by atoms with Gasteiger partial charge >= 0.3 is 0 Å². The minimum absolute atomic E-state index is 0.124. The molecule has 1 saturated carbocycles. The molecule has 2 aliphatic rings. The molecule has 1 aromatic rings. The molecule has 0 atom stereocenters. The van der Waals surface area contributed by atoms with E-state index in [0.29, 0.717) is 6.54 Å². The number of amides is 1. The second-order valence-corrected chi connectivity index (χ2v) is 6.00. The van der Waals surface area contributed by atoms with Gasteiger partial charge in [0, 0.05) is 5.02 Å². The monoisotopic (exact) mass is 278 g/mol.